The summed E-state index contributed by atoms with van der Waals surface area (Å²) < 4.78 is 0. The first-order chi connectivity index (χ1) is 8.38. The Morgan fingerprint density at radius 1 is 1.00 bits per heavy atom. The van der Waals surface area contributed by atoms with Crippen molar-refractivity contribution in [2.45, 2.75) is 64.7 Å². The maximum atomic E-state index is 9.23. The van der Waals surface area contributed by atoms with E-state index >= 15 is 0 Å². The highest BCUT2D eigenvalue weighted by atomic mass is 16.3. The van der Waals surface area contributed by atoms with E-state index in [0.29, 0.717) is 12.5 Å². The van der Waals surface area contributed by atoms with Crippen molar-refractivity contribution in [3.05, 3.63) is 0 Å². The topological polar surface area (TPSA) is 32.3 Å². The fraction of sp³-hybridized carbons (Fsp3) is 1.00. The summed E-state index contributed by atoms with van der Waals surface area (Å²) in [5.41, 5.74) is 0. The van der Waals surface area contributed by atoms with Crippen LogP contribution in [0.1, 0.15) is 64.7 Å². The van der Waals surface area contributed by atoms with Gasteiger partial charge in [-0.25, -0.2) is 0 Å². The molecule has 0 saturated heterocycles. The highest BCUT2D eigenvalue weighted by molar-refractivity contribution is 4.78. The van der Waals surface area contributed by atoms with Crippen LogP contribution in [-0.4, -0.2) is 24.8 Å². The van der Waals surface area contributed by atoms with E-state index in [2.05, 4.69) is 12.2 Å². The molecule has 1 saturated carbocycles. The van der Waals surface area contributed by atoms with Gasteiger partial charge in [0.2, 0.25) is 0 Å². The predicted octanol–water partition coefficient (Wildman–Crippen LogP) is 3.35. The summed E-state index contributed by atoms with van der Waals surface area (Å²) in [6.07, 6.45) is 12.1. The minimum Gasteiger partial charge on any atom is -0.396 e. The zero-order valence-electron chi connectivity index (χ0n) is 11.6. The number of unbranched alkanes of at least 4 members (excludes halogenated alkanes) is 5. The number of aliphatic hydroxyl groups is 1. The molecule has 2 nitrogen and oxygen atoms in total. The summed E-state index contributed by atoms with van der Waals surface area (Å²) in [6, 6.07) is 0. The Hall–Kier alpha value is -0.0800. The Labute approximate surface area is 107 Å². The molecule has 0 aromatic rings. The van der Waals surface area contributed by atoms with Crippen molar-refractivity contribution in [2.24, 2.45) is 11.8 Å². The van der Waals surface area contributed by atoms with Gasteiger partial charge in [0.05, 0.1) is 0 Å². The second-order valence-electron chi connectivity index (χ2n) is 5.61. The number of rotatable bonds is 10. The molecule has 1 rings (SSSR count). The Morgan fingerprint density at radius 2 is 1.71 bits per heavy atom. The molecule has 0 amide bonds. The molecule has 0 aliphatic heterocycles. The zero-order valence-corrected chi connectivity index (χ0v) is 11.6. The minimum atomic E-state index is 0.392. The molecule has 17 heavy (non-hydrogen) atoms. The number of hydrogen-bond donors (Lipinski definition) is 2. The largest absolute Gasteiger partial charge is 0.396 e. The summed E-state index contributed by atoms with van der Waals surface area (Å²) >= 11 is 0. The van der Waals surface area contributed by atoms with Crippen molar-refractivity contribution in [3.8, 4) is 0 Å². The zero-order chi connectivity index (χ0) is 12.3. The van der Waals surface area contributed by atoms with Crippen molar-refractivity contribution in [3.63, 3.8) is 0 Å². The first kappa shape index (κ1) is 15.0. The van der Waals surface area contributed by atoms with E-state index in [4.69, 9.17) is 0 Å². The van der Waals surface area contributed by atoms with E-state index in [9.17, 15) is 5.11 Å². The van der Waals surface area contributed by atoms with Crippen LogP contribution in [-0.2, 0) is 0 Å². The van der Waals surface area contributed by atoms with Gasteiger partial charge < -0.3 is 10.4 Å². The molecule has 0 heterocycles. The molecule has 1 aliphatic carbocycles. The second-order valence-corrected chi connectivity index (χ2v) is 5.61. The second kappa shape index (κ2) is 9.90. The lowest BCUT2D eigenvalue weighted by Gasteiger charge is -2.17. The molecule has 1 aliphatic rings. The molecular weight excluding hydrogens is 210 g/mol. The molecule has 2 unspecified atom stereocenters. The number of hydrogen-bond acceptors (Lipinski definition) is 2. The van der Waals surface area contributed by atoms with E-state index in [1.54, 1.807) is 0 Å². The van der Waals surface area contributed by atoms with Gasteiger partial charge in [-0.15, -0.1) is 0 Å². The molecule has 0 spiro atoms. The third-order valence-corrected chi connectivity index (χ3v) is 4.16. The standard InChI is InChI=1S/C15H31NO/c1-2-3-4-5-6-7-11-16-12-14-9-8-10-15(14)13-17/h14-17H,2-13H2,1H3. The van der Waals surface area contributed by atoms with Crippen molar-refractivity contribution in [2.75, 3.05) is 19.7 Å². The molecular formula is C15H31NO. The van der Waals surface area contributed by atoms with Crippen molar-refractivity contribution >= 4 is 0 Å². The maximum absolute atomic E-state index is 9.23. The van der Waals surface area contributed by atoms with Crippen LogP contribution in [0.3, 0.4) is 0 Å². The van der Waals surface area contributed by atoms with Crippen molar-refractivity contribution < 1.29 is 5.11 Å². The van der Waals surface area contributed by atoms with Gasteiger partial charge in [-0.05, 0) is 44.2 Å². The fourth-order valence-electron chi connectivity index (χ4n) is 2.94. The first-order valence-electron chi connectivity index (χ1n) is 7.70. The lowest BCUT2D eigenvalue weighted by Crippen LogP contribution is -2.27. The van der Waals surface area contributed by atoms with E-state index in [1.807, 2.05) is 0 Å². The lowest BCUT2D eigenvalue weighted by molar-refractivity contribution is 0.192. The summed E-state index contributed by atoms with van der Waals surface area (Å²) in [7, 11) is 0. The highest BCUT2D eigenvalue weighted by Gasteiger charge is 2.25. The van der Waals surface area contributed by atoms with E-state index in [0.717, 1.165) is 12.5 Å². The molecule has 0 aromatic heterocycles. The molecule has 0 bridgehead atoms. The van der Waals surface area contributed by atoms with Gasteiger partial charge in [-0.3, -0.25) is 0 Å². The van der Waals surface area contributed by atoms with Gasteiger partial charge in [0.1, 0.15) is 0 Å². The minimum absolute atomic E-state index is 0.392. The molecule has 2 heteroatoms. The van der Waals surface area contributed by atoms with Crippen molar-refractivity contribution in [1.82, 2.24) is 5.32 Å². The molecule has 2 atom stereocenters. The highest BCUT2D eigenvalue weighted by Crippen LogP contribution is 2.30. The van der Waals surface area contributed by atoms with Gasteiger partial charge in [-0.2, -0.15) is 0 Å². The normalized spacial score (nSPS) is 24.4. The van der Waals surface area contributed by atoms with Crippen LogP contribution in [0.2, 0.25) is 0 Å². The Balaban J connectivity index is 1.87. The SMILES string of the molecule is CCCCCCCCNCC1CCCC1CO. The number of aliphatic hydroxyl groups excluding tert-OH is 1. The van der Waals surface area contributed by atoms with Gasteiger partial charge in [-0.1, -0.05) is 45.4 Å². The summed E-state index contributed by atoms with van der Waals surface area (Å²) in [5, 5.41) is 12.8. The van der Waals surface area contributed by atoms with Crippen LogP contribution < -0.4 is 5.32 Å². The first-order valence-corrected chi connectivity index (χ1v) is 7.70. The van der Waals surface area contributed by atoms with Gasteiger partial charge >= 0.3 is 0 Å². The van der Waals surface area contributed by atoms with Crippen LogP contribution in [0, 0.1) is 11.8 Å². The van der Waals surface area contributed by atoms with Crippen LogP contribution in [0.5, 0.6) is 0 Å². The van der Waals surface area contributed by atoms with E-state index in [-0.39, 0.29) is 0 Å². The molecule has 1 fully saturated rings. The van der Waals surface area contributed by atoms with Crippen LogP contribution in [0.4, 0.5) is 0 Å². The molecule has 0 aromatic carbocycles. The van der Waals surface area contributed by atoms with Gasteiger partial charge in [0.15, 0.2) is 0 Å². The molecule has 2 N–H and O–H groups in total. The molecule has 0 radical (unpaired) electrons. The van der Waals surface area contributed by atoms with Crippen molar-refractivity contribution in [1.29, 1.82) is 0 Å². The predicted molar refractivity (Wildman–Crippen MR) is 74.2 cm³/mol. The van der Waals surface area contributed by atoms with Gasteiger partial charge in [0.25, 0.3) is 0 Å². The van der Waals surface area contributed by atoms with Crippen LogP contribution in [0.15, 0.2) is 0 Å². The summed E-state index contributed by atoms with van der Waals surface area (Å²) in [4.78, 5) is 0. The average molecular weight is 241 g/mol. The third kappa shape index (κ3) is 6.42. The quantitative estimate of drug-likeness (QED) is 0.575. The van der Waals surface area contributed by atoms with Gasteiger partial charge in [0, 0.05) is 6.61 Å². The summed E-state index contributed by atoms with van der Waals surface area (Å²) in [5.74, 6) is 1.31. The average Bonchev–Trinajstić information content (AvgIpc) is 2.80. The Bertz CT molecular complexity index is 172. The maximum Gasteiger partial charge on any atom is 0.0462 e. The monoisotopic (exact) mass is 241 g/mol. The smallest absolute Gasteiger partial charge is 0.0462 e. The van der Waals surface area contributed by atoms with Crippen LogP contribution >= 0.6 is 0 Å². The Kier molecular flexibility index (Phi) is 8.72. The number of nitrogens with one attached hydrogen (secondary N) is 1. The Morgan fingerprint density at radius 3 is 2.47 bits per heavy atom. The van der Waals surface area contributed by atoms with Crippen LogP contribution in [0.25, 0.3) is 0 Å². The fourth-order valence-corrected chi connectivity index (χ4v) is 2.94. The third-order valence-electron chi connectivity index (χ3n) is 4.16. The lowest BCUT2D eigenvalue weighted by atomic mass is 9.97. The molecule has 102 valence electrons. The van der Waals surface area contributed by atoms with E-state index < -0.39 is 0 Å². The summed E-state index contributed by atoms with van der Waals surface area (Å²) in [6.45, 7) is 4.95. The van der Waals surface area contributed by atoms with E-state index in [1.165, 1.54) is 64.3 Å².